The van der Waals surface area contributed by atoms with Crippen LogP contribution in [0.4, 0.5) is 5.69 Å². The molecule has 6 nitrogen and oxygen atoms in total. The zero-order valence-electron chi connectivity index (χ0n) is 14.6. The molecule has 2 aromatic rings. The molecule has 6 heteroatoms. The number of aliphatic hydroxyl groups is 1. The van der Waals surface area contributed by atoms with Gasteiger partial charge >= 0.3 is 0 Å². The lowest BCUT2D eigenvalue weighted by atomic mass is 10.0. The van der Waals surface area contributed by atoms with E-state index in [4.69, 9.17) is 14.2 Å². The monoisotopic (exact) mass is 345 g/mol. The molecule has 1 atom stereocenters. The topological polar surface area (TPSA) is 77.0 Å². The van der Waals surface area contributed by atoms with E-state index in [1.165, 1.54) is 7.11 Å². The molecule has 0 saturated heterocycles. The number of carbonyl (C=O) groups excluding carboxylic acids is 1. The minimum Gasteiger partial charge on any atom is -0.497 e. The van der Waals surface area contributed by atoms with E-state index < -0.39 is 6.10 Å². The van der Waals surface area contributed by atoms with Crippen LogP contribution in [0.25, 0.3) is 0 Å². The fraction of sp³-hybridized carbons (Fsp3) is 0.316. The van der Waals surface area contributed by atoms with Crippen LogP contribution in [0.15, 0.2) is 42.5 Å². The van der Waals surface area contributed by atoms with Crippen molar-refractivity contribution in [3.63, 3.8) is 0 Å². The van der Waals surface area contributed by atoms with Gasteiger partial charge in [-0.05, 0) is 30.7 Å². The van der Waals surface area contributed by atoms with Crippen molar-refractivity contribution >= 4 is 11.6 Å². The number of nitrogens with one attached hydrogen (secondary N) is 1. The summed E-state index contributed by atoms with van der Waals surface area (Å²) < 4.78 is 15.6. The lowest BCUT2D eigenvalue weighted by Gasteiger charge is -2.16. The van der Waals surface area contributed by atoms with Crippen molar-refractivity contribution in [2.24, 2.45) is 0 Å². The smallest absolute Gasteiger partial charge is 0.224 e. The molecule has 2 aromatic carbocycles. The molecule has 0 aliphatic heterocycles. The quantitative estimate of drug-likeness (QED) is 0.768. The second-order valence-electron chi connectivity index (χ2n) is 5.41. The average Bonchev–Trinajstić information content (AvgIpc) is 2.65. The van der Waals surface area contributed by atoms with Crippen molar-refractivity contribution in [2.75, 3.05) is 26.6 Å². The van der Waals surface area contributed by atoms with Gasteiger partial charge in [0.1, 0.15) is 17.2 Å². The minimum absolute atomic E-state index is 0.161. The van der Waals surface area contributed by atoms with Gasteiger partial charge in [-0.1, -0.05) is 12.1 Å². The van der Waals surface area contributed by atoms with Crippen LogP contribution in [-0.4, -0.2) is 32.3 Å². The summed E-state index contributed by atoms with van der Waals surface area (Å²) in [6.07, 6.45) is -0.387. The van der Waals surface area contributed by atoms with Crippen molar-refractivity contribution in [2.45, 2.75) is 18.9 Å². The Morgan fingerprint density at radius 2 is 1.76 bits per heavy atom. The third-order valence-electron chi connectivity index (χ3n) is 3.83. The molecule has 1 amide bonds. The van der Waals surface area contributed by atoms with Crippen LogP contribution < -0.4 is 19.5 Å². The summed E-state index contributed by atoms with van der Waals surface area (Å²) in [6.45, 7) is 0. The Labute approximate surface area is 147 Å². The molecule has 0 heterocycles. The number of aliphatic hydroxyl groups excluding tert-OH is 1. The van der Waals surface area contributed by atoms with E-state index in [1.807, 2.05) is 12.1 Å². The molecule has 0 fully saturated rings. The molecule has 0 saturated carbocycles. The van der Waals surface area contributed by atoms with Gasteiger partial charge in [-0.2, -0.15) is 0 Å². The van der Waals surface area contributed by atoms with Crippen LogP contribution in [0, 0.1) is 0 Å². The van der Waals surface area contributed by atoms with Gasteiger partial charge in [0.25, 0.3) is 0 Å². The highest BCUT2D eigenvalue weighted by molar-refractivity contribution is 5.92. The fourth-order valence-electron chi connectivity index (χ4n) is 2.48. The fourth-order valence-corrected chi connectivity index (χ4v) is 2.48. The van der Waals surface area contributed by atoms with Gasteiger partial charge in [-0.3, -0.25) is 4.79 Å². The third-order valence-corrected chi connectivity index (χ3v) is 3.83. The second-order valence-corrected chi connectivity index (χ2v) is 5.41. The number of ether oxygens (including phenoxy) is 3. The zero-order chi connectivity index (χ0) is 18.2. The van der Waals surface area contributed by atoms with Gasteiger partial charge in [0.15, 0.2) is 0 Å². The highest BCUT2D eigenvalue weighted by Gasteiger charge is 2.16. The molecule has 2 rings (SSSR count). The predicted molar refractivity (Wildman–Crippen MR) is 95.4 cm³/mol. The van der Waals surface area contributed by atoms with Gasteiger partial charge in [0.05, 0.1) is 33.1 Å². The summed E-state index contributed by atoms with van der Waals surface area (Å²) in [6, 6.07) is 12.4. The van der Waals surface area contributed by atoms with Gasteiger partial charge in [0.2, 0.25) is 5.91 Å². The molecule has 25 heavy (non-hydrogen) atoms. The highest BCUT2D eigenvalue weighted by atomic mass is 16.5. The number of hydrogen-bond acceptors (Lipinski definition) is 5. The molecule has 0 aliphatic carbocycles. The van der Waals surface area contributed by atoms with E-state index in [0.717, 1.165) is 0 Å². The molecular formula is C19H23NO5. The maximum atomic E-state index is 12.1. The van der Waals surface area contributed by atoms with Crippen molar-refractivity contribution < 1.29 is 24.1 Å². The number of amides is 1. The first-order chi connectivity index (χ1) is 12.1. The largest absolute Gasteiger partial charge is 0.497 e. The Hall–Kier alpha value is -2.73. The number of para-hydroxylation sites is 2. The first-order valence-electron chi connectivity index (χ1n) is 7.92. The van der Waals surface area contributed by atoms with Gasteiger partial charge in [-0.15, -0.1) is 0 Å². The summed E-state index contributed by atoms with van der Waals surface area (Å²) in [5, 5.41) is 13.2. The summed E-state index contributed by atoms with van der Waals surface area (Å²) in [7, 11) is 4.64. The number of methoxy groups -OCH3 is 3. The Kier molecular flexibility index (Phi) is 6.65. The van der Waals surface area contributed by atoms with E-state index in [0.29, 0.717) is 28.5 Å². The molecule has 0 radical (unpaired) electrons. The third kappa shape index (κ3) is 4.87. The van der Waals surface area contributed by atoms with Crippen LogP contribution in [0.5, 0.6) is 17.2 Å². The number of benzene rings is 2. The van der Waals surface area contributed by atoms with E-state index in [2.05, 4.69) is 5.32 Å². The molecule has 0 aliphatic rings. The van der Waals surface area contributed by atoms with E-state index in [-0.39, 0.29) is 18.7 Å². The Morgan fingerprint density at radius 3 is 2.44 bits per heavy atom. The van der Waals surface area contributed by atoms with Crippen molar-refractivity contribution in [3.05, 3.63) is 48.0 Å². The number of carbonyl (C=O) groups is 1. The summed E-state index contributed by atoms with van der Waals surface area (Å²) in [5.41, 5.74) is 1.22. The lowest BCUT2D eigenvalue weighted by Crippen LogP contribution is -2.13. The van der Waals surface area contributed by atoms with Crippen LogP contribution in [0.3, 0.4) is 0 Å². The average molecular weight is 345 g/mol. The number of anilines is 1. The van der Waals surface area contributed by atoms with Crippen LogP contribution in [0.2, 0.25) is 0 Å². The summed E-state index contributed by atoms with van der Waals surface area (Å²) in [5.74, 6) is 1.56. The zero-order valence-corrected chi connectivity index (χ0v) is 14.6. The first kappa shape index (κ1) is 18.6. The van der Waals surface area contributed by atoms with Crippen molar-refractivity contribution in [1.82, 2.24) is 0 Å². The maximum Gasteiger partial charge on any atom is 0.224 e. The van der Waals surface area contributed by atoms with Gasteiger partial charge in [-0.25, -0.2) is 0 Å². The first-order valence-corrected chi connectivity index (χ1v) is 7.92. The molecule has 134 valence electrons. The molecule has 0 bridgehead atoms. The highest BCUT2D eigenvalue weighted by Crippen LogP contribution is 2.31. The normalized spacial score (nSPS) is 11.5. The van der Waals surface area contributed by atoms with Crippen molar-refractivity contribution in [1.29, 1.82) is 0 Å². The molecule has 1 unspecified atom stereocenters. The SMILES string of the molecule is COc1ccc(C(O)CCC(=O)Nc2ccccc2OC)c(OC)c1. The minimum atomic E-state index is -0.815. The van der Waals surface area contributed by atoms with Gasteiger partial charge in [0, 0.05) is 18.1 Å². The molecular weight excluding hydrogens is 322 g/mol. The Balaban J connectivity index is 1.97. The molecule has 2 N–H and O–H groups in total. The standard InChI is InChI=1S/C19H23NO5/c1-23-13-8-9-14(18(12-13)25-3)16(21)10-11-19(22)20-15-6-4-5-7-17(15)24-2/h4-9,12,16,21H,10-11H2,1-3H3,(H,20,22). The summed E-state index contributed by atoms with van der Waals surface area (Å²) >= 11 is 0. The Morgan fingerprint density at radius 1 is 1.04 bits per heavy atom. The summed E-state index contributed by atoms with van der Waals surface area (Å²) in [4.78, 5) is 12.1. The van der Waals surface area contributed by atoms with E-state index in [9.17, 15) is 9.90 Å². The van der Waals surface area contributed by atoms with E-state index >= 15 is 0 Å². The van der Waals surface area contributed by atoms with Crippen molar-refractivity contribution in [3.8, 4) is 17.2 Å². The van der Waals surface area contributed by atoms with Crippen LogP contribution in [-0.2, 0) is 4.79 Å². The molecule has 0 aromatic heterocycles. The number of rotatable bonds is 8. The molecule has 0 spiro atoms. The van der Waals surface area contributed by atoms with E-state index in [1.54, 1.807) is 44.6 Å². The lowest BCUT2D eigenvalue weighted by molar-refractivity contribution is -0.116. The van der Waals surface area contributed by atoms with Crippen LogP contribution in [0.1, 0.15) is 24.5 Å². The second kappa shape index (κ2) is 8.94. The maximum absolute atomic E-state index is 12.1. The van der Waals surface area contributed by atoms with Crippen LogP contribution >= 0.6 is 0 Å². The predicted octanol–water partition coefficient (Wildman–Crippen LogP) is 3.16. The van der Waals surface area contributed by atoms with Gasteiger partial charge < -0.3 is 24.6 Å². The Bertz CT molecular complexity index is 717. The number of hydrogen-bond donors (Lipinski definition) is 2.